The maximum atomic E-state index is 12.5. The predicted molar refractivity (Wildman–Crippen MR) is 101 cm³/mol. The Morgan fingerprint density at radius 3 is 2.29 bits per heavy atom. The zero-order chi connectivity index (χ0) is 17.7. The Hall–Kier alpha value is -1.91. The van der Waals surface area contributed by atoms with Crippen LogP contribution in [-0.4, -0.2) is 26.1 Å². The monoisotopic (exact) mass is 366 g/mol. The molecular weight excluding hydrogens is 347 g/mol. The van der Waals surface area contributed by atoms with E-state index in [-0.39, 0.29) is 5.91 Å². The van der Waals surface area contributed by atoms with Crippen molar-refractivity contribution in [2.24, 2.45) is 0 Å². The minimum Gasteiger partial charge on any atom is -0.494 e. The summed E-state index contributed by atoms with van der Waals surface area (Å²) in [6, 6.07) is 10.8. The van der Waals surface area contributed by atoms with Crippen LogP contribution in [0.3, 0.4) is 0 Å². The fourth-order valence-electron chi connectivity index (χ4n) is 2.48. The third-order valence-corrected chi connectivity index (χ3v) is 4.21. The second kappa shape index (κ2) is 8.27. The number of nitrogens with one attached hydrogen (secondary N) is 1. The van der Waals surface area contributed by atoms with Crippen molar-refractivity contribution in [2.75, 3.05) is 30.4 Å². The Bertz CT molecular complexity index is 714. The van der Waals surface area contributed by atoms with E-state index in [0.717, 1.165) is 18.8 Å². The van der Waals surface area contributed by atoms with E-state index in [1.54, 1.807) is 0 Å². The zero-order valence-corrected chi connectivity index (χ0v) is 15.4. The molecule has 0 unspecified atom stereocenters. The summed E-state index contributed by atoms with van der Waals surface area (Å²) in [5.74, 6) is -0.0230. The molecule has 0 atom stereocenters. The predicted octanol–water partition coefficient (Wildman–Crippen LogP) is 5.10. The summed E-state index contributed by atoms with van der Waals surface area (Å²) < 4.78 is 5.21. The van der Waals surface area contributed by atoms with Crippen LogP contribution in [-0.2, 0) is 0 Å². The normalized spacial score (nSPS) is 10.4. The van der Waals surface area contributed by atoms with Gasteiger partial charge in [-0.25, -0.2) is 0 Å². The quantitative estimate of drug-likeness (QED) is 0.772. The summed E-state index contributed by atoms with van der Waals surface area (Å²) >= 11 is 12.1. The molecule has 6 heteroatoms. The summed E-state index contributed by atoms with van der Waals surface area (Å²) in [5, 5.41) is 3.51. The summed E-state index contributed by atoms with van der Waals surface area (Å²) in [6.07, 6.45) is 0. The first-order valence-corrected chi connectivity index (χ1v) is 8.45. The van der Waals surface area contributed by atoms with Gasteiger partial charge < -0.3 is 15.0 Å². The topological polar surface area (TPSA) is 41.6 Å². The van der Waals surface area contributed by atoms with Crippen LogP contribution in [0, 0.1) is 0 Å². The number of ether oxygens (including phenoxy) is 1. The molecular formula is C18H20Cl2N2O2. The molecule has 0 aliphatic heterocycles. The van der Waals surface area contributed by atoms with E-state index in [9.17, 15) is 4.79 Å². The van der Waals surface area contributed by atoms with E-state index in [1.165, 1.54) is 19.2 Å². The van der Waals surface area contributed by atoms with Crippen LogP contribution in [0.1, 0.15) is 24.2 Å². The molecule has 4 nitrogen and oxygen atoms in total. The van der Waals surface area contributed by atoms with Crippen molar-refractivity contribution >= 4 is 40.5 Å². The second-order valence-corrected chi connectivity index (χ2v) is 5.99. The minimum atomic E-state index is -0.327. The molecule has 0 fully saturated rings. The molecule has 0 bridgehead atoms. The molecule has 0 radical (unpaired) electrons. The summed E-state index contributed by atoms with van der Waals surface area (Å²) in [6.45, 7) is 6.07. The molecule has 0 aliphatic rings. The Morgan fingerprint density at radius 1 is 1.12 bits per heavy atom. The van der Waals surface area contributed by atoms with Crippen LogP contribution < -0.4 is 15.0 Å². The fourth-order valence-corrected chi connectivity index (χ4v) is 3.05. The average Bonchev–Trinajstić information content (AvgIpc) is 2.56. The lowest BCUT2D eigenvalue weighted by Gasteiger charge is -2.21. The van der Waals surface area contributed by atoms with Crippen LogP contribution >= 0.6 is 23.2 Å². The Kier molecular flexibility index (Phi) is 6.35. The number of anilines is 2. The van der Waals surface area contributed by atoms with Crippen molar-refractivity contribution in [1.82, 2.24) is 0 Å². The number of hydrogen-bond acceptors (Lipinski definition) is 3. The van der Waals surface area contributed by atoms with Crippen molar-refractivity contribution < 1.29 is 9.53 Å². The fraction of sp³-hybridized carbons (Fsp3) is 0.278. The highest BCUT2D eigenvalue weighted by Crippen LogP contribution is 2.32. The minimum absolute atomic E-state index is 0.294. The first kappa shape index (κ1) is 18.4. The van der Waals surface area contributed by atoms with Crippen molar-refractivity contribution in [3.8, 4) is 5.75 Å². The molecule has 1 N–H and O–H groups in total. The summed E-state index contributed by atoms with van der Waals surface area (Å²) in [5.41, 5.74) is 2.10. The number of benzene rings is 2. The number of rotatable bonds is 6. The standard InChI is InChI=1S/C18H20Cl2N2O2/c1-4-22(5-2)14-8-6-13(7-9-14)21-18(23)15-10-12(19)11-16(20)17(15)24-3/h6-11H,4-5H2,1-3H3,(H,21,23). The summed E-state index contributed by atoms with van der Waals surface area (Å²) in [7, 11) is 1.46. The zero-order valence-electron chi connectivity index (χ0n) is 13.9. The van der Waals surface area contributed by atoms with E-state index in [2.05, 4.69) is 24.1 Å². The van der Waals surface area contributed by atoms with Crippen molar-refractivity contribution in [1.29, 1.82) is 0 Å². The van der Waals surface area contributed by atoms with Gasteiger partial charge in [-0.3, -0.25) is 4.79 Å². The molecule has 0 aliphatic carbocycles. The number of hydrogen-bond donors (Lipinski definition) is 1. The number of methoxy groups -OCH3 is 1. The van der Waals surface area contributed by atoms with E-state index >= 15 is 0 Å². The highest BCUT2D eigenvalue weighted by Gasteiger charge is 2.17. The number of halogens is 2. The SMILES string of the molecule is CCN(CC)c1ccc(NC(=O)c2cc(Cl)cc(Cl)c2OC)cc1. The lowest BCUT2D eigenvalue weighted by Crippen LogP contribution is -2.21. The van der Waals surface area contributed by atoms with Gasteiger partial charge in [-0.2, -0.15) is 0 Å². The molecule has 2 rings (SSSR count). The van der Waals surface area contributed by atoms with Gasteiger partial charge in [0.25, 0.3) is 5.91 Å². The van der Waals surface area contributed by atoms with Crippen molar-refractivity contribution in [3.63, 3.8) is 0 Å². The lowest BCUT2D eigenvalue weighted by molar-refractivity contribution is 0.102. The van der Waals surface area contributed by atoms with Gasteiger partial charge in [0.05, 0.1) is 17.7 Å². The number of carbonyl (C=O) groups is 1. The van der Waals surface area contributed by atoms with Gasteiger partial charge in [-0.15, -0.1) is 0 Å². The van der Waals surface area contributed by atoms with E-state index in [0.29, 0.717) is 27.0 Å². The van der Waals surface area contributed by atoms with Crippen LogP contribution in [0.15, 0.2) is 36.4 Å². The van der Waals surface area contributed by atoms with Crippen LogP contribution in [0.5, 0.6) is 5.75 Å². The molecule has 1 amide bonds. The smallest absolute Gasteiger partial charge is 0.259 e. The molecule has 0 heterocycles. The third kappa shape index (κ3) is 4.13. The number of carbonyl (C=O) groups excluding carboxylic acids is 1. The first-order valence-electron chi connectivity index (χ1n) is 7.69. The maximum Gasteiger partial charge on any atom is 0.259 e. The van der Waals surface area contributed by atoms with Gasteiger partial charge >= 0.3 is 0 Å². The van der Waals surface area contributed by atoms with Gasteiger partial charge in [0.2, 0.25) is 0 Å². The van der Waals surface area contributed by atoms with Gasteiger partial charge in [0.1, 0.15) is 5.75 Å². The van der Waals surface area contributed by atoms with Gasteiger partial charge in [0, 0.05) is 29.5 Å². The van der Waals surface area contributed by atoms with Crippen LogP contribution in [0.2, 0.25) is 10.0 Å². The molecule has 0 saturated heterocycles. The molecule has 0 spiro atoms. The Labute approximate surface area is 152 Å². The Morgan fingerprint density at radius 2 is 1.75 bits per heavy atom. The highest BCUT2D eigenvalue weighted by atomic mass is 35.5. The number of nitrogens with zero attached hydrogens (tertiary/aromatic N) is 1. The van der Waals surface area contributed by atoms with Crippen LogP contribution in [0.25, 0.3) is 0 Å². The molecule has 2 aromatic carbocycles. The molecule has 0 aromatic heterocycles. The van der Waals surface area contributed by atoms with E-state index in [1.807, 2.05) is 24.3 Å². The second-order valence-electron chi connectivity index (χ2n) is 5.14. The van der Waals surface area contributed by atoms with Crippen molar-refractivity contribution in [3.05, 3.63) is 52.0 Å². The summed E-state index contributed by atoms with van der Waals surface area (Å²) in [4.78, 5) is 14.7. The Balaban J connectivity index is 2.21. The largest absolute Gasteiger partial charge is 0.494 e. The van der Waals surface area contributed by atoms with Gasteiger partial charge in [-0.1, -0.05) is 23.2 Å². The first-order chi connectivity index (χ1) is 11.5. The van der Waals surface area contributed by atoms with E-state index < -0.39 is 0 Å². The van der Waals surface area contributed by atoms with Crippen LogP contribution in [0.4, 0.5) is 11.4 Å². The third-order valence-electron chi connectivity index (χ3n) is 3.71. The number of amides is 1. The molecule has 128 valence electrons. The molecule has 0 saturated carbocycles. The van der Waals surface area contributed by atoms with E-state index in [4.69, 9.17) is 27.9 Å². The average molecular weight is 367 g/mol. The van der Waals surface area contributed by atoms with Gasteiger partial charge in [-0.05, 0) is 50.2 Å². The highest BCUT2D eigenvalue weighted by molar-refractivity contribution is 6.36. The van der Waals surface area contributed by atoms with Crippen molar-refractivity contribution in [2.45, 2.75) is 13.8 Å². The van der Waals surface area contributed by atoms with Gasteiger partial charge in [0.15, 0.2) is 0 Å². The molecule has 24 heavy (non-hydrogen) atoms. The molecule has 2 aromatic rings. The maximum absolute atomic E-state index is 12.5. The lowest BCUT2D eigenvalue weighted by atomic mass is 10.1.